The molecule has 2 aliphatic rings. The molecule has 0 spiro atoms. The van der Waals surface area contributed by atoms with Crippen LogP contribution < -0.4 is 10.6 Å². The quantitative estimate of drug-likeness (QED) is 0.771. The first kappa shape index (κ1) is 14.8. The number of benzene rings is 1. The number of primary amides is 1. The fourth-order valence-corrected chi connectivity index (χ4v) is 5.35. The fourth-order valence-electron chi connectivity index (χ4n) is 4.13. The Labute approximate surface area is 149 Å². The second kappa shape index (κ2) is 5.52. The van der Waals surface area contributed by atoms with E-state index in [0.29, 0.717) is 13.0 Å². The maximum absolute atomic E-state index is 12.2. The molecule has 126 valence electrons. The van der Waals surface area contributed by atoms with Crippen LogP contribution in [-0.2, 0) is 30.6 Å². The summed E-state index contributed by atoms with van der Waals surface area (Å²) in [6.45, 7) is 0.653. The highest BCUT2D eigenvalue weighted by Crippen LogP contribution is 2.41. The predicted octanol–water partition coefficient (Wildman–Crippen LogP) is 2.60. The van der Waals surface area contributed by atoms with Gasteiger partial charge in [0.2, 0.25) is 5.91 Å². The van der Waals surface area contributed by atoms with Crippen molar-refractivity contribution in [2.45, 2.75) is 38.3 Å². The van der Waals surface area contributed by atoms with Gasteiger partial charge in [-0.1, -0.05) is 24.3 Å². The Hall–Kier alpha value is -2.47. The first-order valence-electron chi connectivity index (χ1n) is 8.60. The summed E-state index contributed by atoms with van der Waals surface area (Å²) in [6.07, 6.45) is 5.62. The van der Waals surface area contributed by atoms with Gasteiger partial charge in [-0.05, 0) is 36.0 Å². The lowest BCUT2D eigenvalue weighted by atomic mass is 9.93. The Bertz CT molecular complexity index is 996. The standard InChI is InChI=1S/C19H18N4OS/c20-17(24)14-8-11-4-1-2-5-12(11)9-23(14)18-16-13-6-3-7-15(13)25-19(16)22-10-21-18/h1-2,4-5,10,14H,3,6-9H2,(H2,20,24)/t14-/m0/s1. The number of rotatable bonds is 2. The Kier molecular flexibility index (Phi) is 3.28. The molecule has 1 aliphatic heterocycles. The van der Waals surface area contributed by atoms with E-state index in [0.717, 1.165) is 28.9 Å². The molecule has 0 unspecified atom stereocenters. The van der Waals surface area contributed by atoms with Gasteiger partial charge in [0.1, 0.15) is 23.0 Å². The van der Waals surface area contributed by atoms with E-state index in [1.807, 2.05) is 12.1 Å². The lowest BCUT2D eigenvalue weighted by Crippen LogP contribution is -2.49. The van der Waals surface area contributed by atoms with Crippen molar-refractivity contribution in [3.05, 3.63) is 52.2 Å². The van der Waals surface area contributed by atoms with Gasteiger partial charge in [-0.15, -0.1) is 11.3 Å². The van der Waals surface area contributed by atoms with Crippen LogP contribution in [0.3, 0.4) is 0 Å². The number of carbonyl (C=O) groups excluding carboxylic acids is 1. The number of hydrogen-bond acceptors (Lipinski definition) is 5. The van der Waals surface area contributed by atoms with E-state index in [4.69, 9.17) is 5.73 Å². The average Bonchev–Trinajstić information content (AvgIpc) is 3.21. The Morgan fingerprint density at radius 2 is 2.04 bits per heavy atom. The molecular formula is C19H18N4OS. The second-order valence-electron chi connectivity index (χ2n) is 6.75. The van der Waals surface area contributed by atoms with Crippen LogP contribution in [0.5, 0.6) is 0 Å². The van der Waals surface area contributed by atoms with Crippen LogP contribution in [0, 0.1) is 0 Å². The molecule has 2 aromatic heterocycles. The van der Waals surface area contributed by atoms with E-state index in [1.54, 1.807) is 17.7 Å². The maximum Gasteiger partial charge on any atom is 0.240 e. The van der Waals surface area contributed by atoms with Crippen molar-refractivity contribution >= 4 is 33.3 Å². The highest BCUT2D eigenvalue weighted by Gasteiger charge is 2.33. The third-order valence-corrected chi connectivity index (χ3v) is 6.53. The number of carbonyl (C=O) groups is 1. The van der Waals surface area contributed by atoms with Gasteiger partial charge >= 0.3 is 0 Å². The largest absolute Gasteiger partial charge is 0.368 e. The van der Waals surface area contributed by atoms with Crippen LogP contribution in [0.4, 0.5) is 5.82 Å². The zero-order valence-corrected chi connectivity index (χ0v) is 14.6. The van der Waals surface area contributed by atoms with E-state index in [1.165, 1.54) is 28.0 Å². The van der Waals surface area contributed by atoms with Crippen LogP contribution in [0.25, 0.3) is 10.2 Å². The summed E-state index contributed by atoms with van der Waals surface area (Å²) >= 11 is 1.77. The molecule has 2 N–H and O–H groups in total. The van der Waals surface area contributed by atoms with E-state index in [9.17, 15) is 4.79 Å². The predicted molar refractivity (Wildman–Crippen MR) is 98.8 cm³/mol. The van der Waals surface area contributed by atoms with Gasteiger partial charge < -0.3 is 10.6 Å². The topological polar surface area (TPSA) is 72.1 Å². The van der Waals surface area contributed by atoms with Crippen LogP contribution in [0.2, 0.25) is 0 Å². The molecule has 1 aliphatic carbocycles. The molecule has 6 heteroatoms. The van der Waals surface area contributed by atoms with Crippen molar-refractivity contribution in [2.24, 2.45) is 5.73 Å². The van der Waals surface area contributed by atoms with Crippen molar-refractivity contribution in [3.8, 4) is 0 Å². The molecule has 0 bridgehead atoms. The molecule has 5 nitrogen and oxygen atoms in total. The molecule has 1 atom stereocenters. The number of nitrogens with zero attached hydrogens (tertiary/aromatic N) is 3. The van der Waals surface area contributed by atoms with Gasteiger partial charge in [-0.3, -0.25) is 4.79 Å². The highest BCUT2D eigenvalue weighted by atomic mass is 32.1. The average molecular weight is 350 g/mol. The van der Waals surface area contributed by atoms with Crippen LogP contribution in [-0.4, -0.2) is 21.9 Å². The minimum atomic E-state index is -0.370. The molecule has 25 heavy (non-hydrogen) atoms. The van der Waals surface area contributed by atoms with Crippen LogP contribution in [0.15, 0.2) is 30.6 Å². The molecule has 0 saturated heterocycles. The monoisotopic (exact) mass is 350 g/mol. The van der Waals surface area contributed by atoms with E-state index in [-0.39, 0.29) is 11.9 Å². The summed E-state index contributed by atoms with van der Waals surface area (Å²) < 4.78 is 0. The molecule has 3 aromatic rings. The lowest BCUT2D eigenvalue weighted by molar-refractivity contribution is -0.119. The molecule has 5 rings (SSSR count). The van der Waals surface area contributed by atoms with E-state index < -0.39 is 0 Å². The van der Waals surface area contributed by atoms with Crippen molar-refractivity contribution < 1.29 is 4.79 Å². The number of fused-ring (bicyclic) bond motifs is 4. The van der Waals surface area contributed by atoms with Gasteiger partial charge in [0.15, 0.2) is 0 Å². The first-order chi connectivity index (χ1) is 12.2. The fraction of sp³-hybridized carbons (Fsp3) is 0.316. The number of aryl methyl sites for hydroxylation is 2. The first-order valence-corrected chi connectivity index (χ1v) is 9.42. The summed E-state index contributed by atoms with van der Waals surface area (Å²) in [5.74, 6) is 0.566. The molecule has 1 amide bonds. The minimum absolute atomic E-state index is 0.298. The van der Waals surface area contributed by atoms with Crippen molar-refractivity contribution in [2.75, 3.05) is 4.90 Å². The van der Waals surface area contributed by atoms with Crippen LogP contribution >= 0.6 is 11.3 Å². The SMILES string of the molecule is NC(=O)[C@@H]1Cc2ccccc2CN1c1ncnc2sc3c(c12)CCC3. The number of thiophene rings is 1. The number of amides is 1. The van der Waals surface area contributed by atoms with Gasteiger partial charge in [0, 0.05) is 17.8 Å². The van der Waals surface area contributed by atoms with Gasteiger partial charge in [0.25, 0.3) is 0 Å². The zero-order valence-electron chi connectivity index (χ0n) is 13.7. The second-order valence-corrected chi connectivity index (χ2v) is 7.84. The third kappa shape index (κ3) is 2.24. The number of hydrogen-bond donors (Lipinski definition) is 1. The number of aromatic nitrogens is 2. The Balaban J connectivity index is 1.69. The maximum atomic E-state index is 12.2. The summed E-state index contributed by atoms with van der Waals surface area (Å²) in [7, 11) is 0. The van der Waals surface area contributed by atoms with E-state index in [2.05, 4.69) is 27.0 Å². The summed E-state index contributed by atoms with van der Waals surface area (Å²) in [6, 6.07) is 7.89. The third-order valence-electron chi connectivity index (χ3n) is 5.33. The Morgan fingerprint density at radius 3 is 2.88 bits per heavy atom. The van der Waals surface area contributed by atoms with Gasteiger partial charge in [0.05, 0.1) is 5.39 Å². The van der Waals surface area contributed by atoms with Crippen molar-refractivity contribution in [1.82, 2.24) is 9.97 Å². The normalized spacial score (nSPS) is 19.0. The van der Waals surface area contributed by atoms with E-state index >= 15 is 0 Å². The number of nitrogens with two attached hydrogens (primary N) is 1. The smallest absolute Gasteiger partial charge is 0.240 e. The minimum Gasteiger partial charge on any atom is -0.368 e. The van der Waals surface area contributed by atoms with Gasteiger partial charge in [-0.25, -0.2) is 9.97 Å². The summed E-state index contributed by atoms with van der Waals surface area (Å²) in [5.41, 5.74) is 9.57. The molecule has 0 fully saturated rings. The molecule has 1 aromatic carbocycles. The number of anilines is 1. The molecule has 0 saturated carbocycles. The van der Waals surface area contributed by atoms with Crippen LogP contribution in [0.1, 0.15) is 28.0 Å². The highest BCUT2D eigenvalue weighted by molar-refractivity contribution is 7.19. The molecule has 0 radical (unpaired) electrons. The zero-order chi connectivity index (χ0) is 17.0. The molecular weight excluding hydrogens is 332 g/mol. The molecule has 3 heterocycles. The van der Waals surface area contributed by atoms with Gasteiger partial charge in [-0.2, -0.15) is 0 Å². The summed E-state index contributed by atoms with van der Waals surface area (Å²) in [5, 5.41) is 1.13. The lowest BCUT2D eigenvalue weighted by Gasteiger charge is -2.36. The Morgan fingerprint density at radius 1 is 1.20 bits per heavy atom. The van der Waals surface area contributed by atoms with Crippen molar-refractivity contribution in [3.63, 3.8) is 0 Å². The summed E-state index contributed by atoms with van der Waals surface area (Å²) in [4.78, 5) is 25.8. The van der Waals surface area contributed by atoms with Crippen molar-refractivity contribution in [1.29, 1.82) is 0 Å².